The van der Waals surface area contributed by atoms with Crippen LogP contribution in [0.2, 0.25) is 0 Å². The van der Waals surface area contributed by atoms with E-state index in [9.17, 15) is 5.26 Å². The molecule has 188 valence electrons. The van der Waals surface area contributed by atoms with E-state index >= 15 is 0 Å². The number of nitrogens with zero attached hydrogens (tertiary/aromatic N) is 4. The summed E-state index contributed by atoms with van der Waals surface area (Å²) in [4.78, 5) is 11.5. The summed E-state index contributed by atoms with van der Waals surface area (Å²) in [6, 6.07) is 20.6. The van der Waals surface area contributed by atoms with Crippen molar-refractivity contribution in [2.75, 3.05) is 38.3 Å². The molecule has 3 aromatic carbocycles. The van der Waals surface area contributed by atoms with Crippen LogP contribution in [0.4, 0.5) is 5.82 Å². The van der Waals surface area contributed by atoms with Gasteiger partial charge in [-0.05, 0) is 53.3 Å². The number of rotatable bonds is 8. The second-order valence-corrected chi connectivity index (χ2v) is 9.03. The van der Waals surface area contributed by atoms with E-state index in [0.717, 1.165) is 42.0 Å². The maximum absolute atomic E-state index is 10.1. The van der Waals surface area contributed by atoms with Gasteiger partial charge in [-0.1, -0.05) is 43.3 Å². The van der Waals surface area contributed by atoms with Gasteiger partial charge < -0.3 is 19.1 Å². The number of hydrogen-bond donors (Lipinski definition) is 0. The Bertz CT molecular complexity index is 1420. The van der Waals surface area contributed by atoms with E-state index in [2.05, 4.69) is 47.1 Å². The Labute approximate surface area is 217 Å². The number of aryl methyl sites for hydroxylation is 1. The van der Waals surface area contributed by atoms with Crippen LogP contribution < -0.4 is 14.4 Å². The maximum Gasteiger partial charge on any atom is 0.161 e. The Morgan fingerprint density at radius 2 is 1.73 bits per heavy atom. The van der Waals surface area contributed by atoms with Gasteiger partial charge in [-0.2, -0.15) is 5.26 Å². The summed E-state index contributed by atoms with van der Waals surface area (Å²) in [5.41, 5.74) is 6.22. The van der Waals surface area contributed by atoms with Gasteiger partial charge in [0.25, 0.3) is 0 Å². The Kier molecular flexibility index (Phi) is 7.48. The fraction of sp³-hybridized carbons (Fsp3) is 0.300. The highest BCUT2D eigenvalue weighted by molar-refractivity contribution is 5.83. The van der Waals surface area contributed by atoms with Gasteiger partial charge in [0.2, 0.25) is 0 Å². The van der Waals surface area contributed by atoms with Crippen molar-refractivity contribution in [3.05, 3.63) is 88.6 Å². The highest BCUT2D eigenvalue weighted by atomic mass is 16.5. The van der Waals surface area contributed by atoms with Crippen LogP contribution in [0.15, 0.2) is 60.8 Å². The van der Waals surface area contributed by atoms with E-state index in [1.54, 1.807) is 13.3 Å². The molecule has 1 aliphatic rings. The number of hydrogen-bond acceptors (Lipinski definition) is 7. The zero-order valence-electron chi connectivity index (χ0n) is 21.2. The number of fused-ring (bicyclic) bond motifs is 1. The standard InChI is InChI=1S/C30H30N4O3/c1-3-21-4-6-22(7-5-21)20-37-27-11-8-23(17-28(27)35-2)16-24-9-10-26-30(25(24)18-31)33-29(19-32-26)34-12-14-36-15-13-34/h4-11,17,19H,3,12-16,20H2,1-2H3. The molecule has 1 saturated heterocycles. The fourth-order valence-corrected chi connectivity index (χ4v) is 4.52. The summed E-state index contributed by atoms with van der Waals surface area (Å²) in [5.74, 6) is 2.12. The number of anilines is 1. The molecule has 0 unspecified atom stereocenters. The molecule has 4 aromatic rings. The molecule has 1 aromatic heterocycles. The van der Waals surface area contributed by atoms with Crippen molar-refractivity contribution in [1.82, 2.24) is 9.97 Å². The molecule has 1 aliphatic heterocycles. The summed E-state index contributed by atoms with van der Waals surface area (Å²) in [5, 5.41) is 10.1. The molecule has 0 bridgehead atoms. The molecular weight excluding hydrogens is 464 g/mol. The Morgan fingerprint density at radius 3 is 2.46 bits per heavy atom. The van der Waals surface area contributed by atoms with Crippen molar-refractivity contribution in [3.63, 3.8) is 0 Å². The van der Waals surface area contributed by atoms with Crippen LogP contribution in [0.3, 0.4) is 0 Å². The second-order valence-electron chi connectivity index (χ2n) is 9.03. The van der Waals surface area contributed by atoms with Crippen LogP contribution in [0, 0.1) is 11.3 Å². The number of methoxy groups -OCH3 is 1. The normalized spacial score (nSPS) is 13.4. The van der Waals surface area contributed by atoms with Gasteiger partial charge in [0.15, 0.2) is 11.5 Å². The summed E-state index contributed by atoms with van der Waals surface area (Å²) >= 11 is 0. The van der Waals surface area contributed by atoms with E-state index in [1.165, 1.54) is 5.56 Å². The van der Waals surface area contributed by atoms with Crippen LogP contribution in [0.25, 0.3) is 11.0 Å². The van der Waals surface area contributed by atoms with Crippen LogP contribution in [0.5, 0.6) is 11.5 Å². The average Bonchev–Trinajstić information content (AvgIpc) is 2.96. The monoisotopic (exact) mass is 494 g/mol. The third-order valence-corrected chi connectivity index (χ3v) is 6.68. The lowest BCUT2D eigenvalue weighted by Crippen LogP contribution is -2.36. The van der Waals surface area contributed by atoms with Crippen molar-refractivity contribution in [3.8, 4) is 17.6 Å². The first kappa shape index (κ1) is 24.5. The third-order valence-electron chi connectivity index (χ3n) is 6.68. The predicted octanol–water partition coefficient (Wildman–Crippen LogP) is 5.08. The SMILES string of the molecule is CCc1ccc(COc2ccc(Cc3ccc4ncc(N5CCOCC5)nc4c3C#N)cc2OC)cc1. The van der Waals surface area contributed by atoms with E-state index < -0.39 is 0 Å². The minimum atomic E-state index is 0.465. The van der Waals surface area contributed by atoms with Gasteiger partial charge in [0.05, 0.1) is 37.6 Å². The van der Waals surface area contributed by atoms with E-state index in [1.807, 2.05) is 30.3 Å². The molecule has 0 saturated carbocycles. The molecule has 0 aliphatic carbocycles. The number of ether oxygens (including phenoxy) is 3. The third kappa shape index (κ3) is 5.50. The number of benzene rings is 3. The number of nitriles is 1. The molecule has 0 amide bonds. The maximum atomic E-state index is 10.1. The van der Waals surface area contributed by atoms with E-state index in [0.29, 0.717) is 54.3 Å². The zero-order chi connectivity index (χ0) is 25.6. The smallest absolute Gasteiger partial charge is 0.161 e. The Hall–Kier alpha value is -4.15. The van der Waals surface area contributed by atoms with Crippen molar-refractivity contribution >= 4 is 16.9 Å². The quantitative estimate of drug-likeness (QED) is 0.338. The topological polar surface area (TPSA) is 80.5 Å². The minimum absolute atomic E-state index is 0.465. The first-order valence-electron chi connectivity index (χ1n) is 12.6. The molecule has 0 spiro atoms. The number of aromatic nitrogens is 2. The molecule has 0 atom stereocenters. The largest absolute Gasteiger partial charge is 0.493 e. The zero-order valence-corrected chi connectivity index (χ0v) is 21.2. The fourth-order valence-electron chi connectivity index (χ4n) is 4.52. The Morgan fingerprint density at radius 1 is 0.973 bits per heavy atom. The number of morpholine rings is 1. The molecule has 7 heteroatoms. The lowest BCUT2D eigenvalue weighted by Gasteiger charge is -2.27. The molecule has 0 radical (unpaired) electrons. The Balaban J connectivity index is 1.37. The lowest BCUT2D eigenvalue weighted by atomic mass is 9.98. The minimum Gasteiger partial charge on any atom is -0.493 e. The molecule has 5 rings (SSSR count). The van der Waals surface area contributed by atoms with Crippen molar-refractivity contribution in [2.45, 2.75) is 26.4 Å². The molecular formula is C30H30N4O3. The first-order chi connectivity index (χ1) is 18.2. The van der Waals surface area contributed by atoms with Gasteiger partial charge in [0.1, 0.15) is 24.0 Å². The molecule has 7 nitrogen and oxygen atoms in total. The highest BCUT2D eigenvalue weighted by Gasteiger charge is 2.17. The van der Waals surface area contributed by atoms with Crippen molar-refractivity contribution < 1.29 is 14.2 Å². The molecule has 37 heavy (non-hydrogen) atoms. The van der Waals surface area contributed by atoms with Gasteiger partial charge in [-0.3, -0.25) is 4.98 Å². The van der Waals surface area contributed by atoms with Crippen LogP contribution >= 0.6 is 0 Å². The summed E-state index contributed by atoms with van der Waals surface area (Å²) in [7, 11) is 1.64. The van der Waals surface area contributed by atoms with Gasteiger partial charge in [-0.25, -0.2) is 4.98 Å². The van der Waals surface area contributed by atoms with Crippen molar-refractivity contribution in [1.29, 1.82) is 5.26 Å². The van der Waals surface area contributed by atoms with Gasteiger partial charge in [0, 0.05) is 13.1 Å². The summed E-state index contributed by atoms with van der Waals surface area (Å²) < 4.78 is 17.1. The van der Waals surface area contributed by atoms with Crippen LogP contribution in [-0.4, -0.2) is 43.4 Å². The average molecular weight is 495 g/mol. The summed E-state index contributed by atoms with van der Waals surface area (Å²) in [6.07, 6.45) is 3.36. The van der Waals surface area contributed by atoms with Crippen molar-refractivity contribution in [2.24, 2.45) is 0 Å². The molecule has 0 N–H and O–H groups in total. The van der Waals surface area contributed by atoms with E-state index in [-0.39, 0.29) is 0 Å². The second kappa shape index (κ2) is 11.3. The van der Waals surface area contributed by atoms with Crippen LogP contribution in [0.1, 0.15) is 34.7 Å². The molecule has 1 fully saturated rings. The van der Waals surface area contributed by atoms with Gasteiger partial charge >= 0.3 is 0 Å². The predicted molar refractivity (Wildman–Crippen MR) is 143 cm³/mol. The van der Waals surface area contributed by atoms with E-state index in [4.69, 9.17) is 19.2 Å². The summed E-state index contributed by atoms with van der Waals surface area (Å²) in [6.45, 7) is 5.47. The van der Waals surface area contributed by atoms with Gasteiger partial charge in [-0.15, -0.1) is 0 Å². The first-order valence-corrected chi connectivity index (χ1v) is 12.6. The highest BCUT2D eigenvalue weighted by Crippen LogP contribution is 2.31. The lowest BCUT2D eigenvalue weighted by molar-refractivity contribution is 0.122. The molecule has 2 heterocycles. The van der Waals surface area contributed by atoms with Crippen LogP contribution in [-0.2, 0) is 24.2 Å².